The second kappa shape index (κ2) is 5.12. The maximum absolute atomic E-state index is 12.2. The summed E-state index contributed by atoms with van der Waals surface area (Å²) in [5, 5.41) is 2.98. The lowest BCUT2D eigenvalue weighted by molar-refractivity contribution is -0.128. The zero-order valence-electron chi connectivity index (χ0n) is 11.5. The highest BCUT2D eigenvalue weighted by Gasteiger charge is 2.35. The van der Waals surface area contributed by atoms with Gasteiger partial charge in [-0.3, -0.25) is 4.79 Å². The minimum atomic E-state index is 0.152. The van der Waals surface area contributed by atoms with Crippen molar-refractivity contribution in [1.29, 1.82) is 0 Å². The Kier molecular flexibility index (Phi) is 3.73. The first-order valence-corrected chi connectivity index (χ1v) is 6.72. The van der Waals surface area contributed by atoms with Gasteiger partial charge in [-0.05, 0) is 30.6 Å². The van der Waals surface area contributed by atoms with E-state index in [0.717, 1.165) is 18.7 Å². The Morgan fingerprint density at radius 2 is 2.33 bits per heavy atom. The molecule has 0 radical (unpaired) electrons. The number of hydrogen-bond acceptors (Lipinski definition) is 2. The molecule has 2 N–H and O–H groups in total. The first-order valence-electron chi connectivity index (χ1n) is 6.72. The molecule has 1 aliphatic rings. The fourth-order valence-corrected chi connectivity index (χ4v) is 3.26. The number of imidazole rings is 1. The summed E-state index contributed by atoms with van der Waals surface area (Å²) in [6.45, 7) is 7.26. The summed E-state index contributed by atoms with van der Waals surface area (Å²) in [5.74, 6) is 1.77. The van der Waals surface area contributed by atoms with E-state index in [-0.39, 0.29) is 17.2 Å². The third-order valence-corrected chi connectivity index (χ3v) is 3.74. The average molecular weight is 249 g/mol. The summed E-state index contributed by atoms with van der Waals surface area (Å²) >= 11 is 0. The number of nitrogens with one attached hydrogen (secondary N) is 2. The highest BCUT2D eigenvalue weighted by Crippen LogP contribution is 2.41. The molecule has 0 spiro atoms. The Bertz CT molecular complexity index is 397. The minimum Gasteiger partial charge on any atom is -0.349 e. The second-order valence-corrected chi connectivity index (χ2v) is 6.36. The zero-order chi connectivity index (χ0) is 13.2. The summed E-state index contributed by atoms with van der Waals surface area (Å²) < 4.78 is 0. The van der Waals surface area contributed by atoms with Crippen LogP contribution in [0.25, 0.3) is 0 Å². The van der Waals surface area contributed by atoms with Gasteiger partial charge < -0.3 is 10.3 Å². The lowest BCUT2D eigenvalue weighted by Gasteiger charge is -2.38. The maximum atomic E-state index is 12.2. The molecule has 1 aromatic heterocycles. The molecule has 2 atom stereocenters. The highest BCUT2D eigenvalue weighted by atomic mass is 16.1. The van der Waals surface area contributed by atoms with E-state index in [1.807, 2.05) is 0 Å². The molecule has 18 heavy (non-hydrogen) atoms. The quantitative estimate of drug-likeness (QED) is 0.864. The predicted octanol–water partition coefficient (Wildman–Crippen LogP) is 2.49. The van der Waals surface area contributed by atoms with Crippen molar-refractivity contribution in [1.82, 2.24) is 15.3 Å². The van der Waals surface area contributed by atoms with E-state index >= 15 is 0 Å². The van der Waals surface area contributed by atoms with Crippen molar-refractivity contribution in [2.45, 2.75) is 46.6 Å². The van der Waals surface area contributed by atoms with Gasteiger partial charge in [0.15, 0.2) is 0 Å². The predicted molar refractivity (Wildman–Crippen MR) is 70.7 cm³/mol. The van der Waals surface area contributed by atoms with Crippen molar-refractivity contribution < 1.29 is 4.79 Å². The summed E-state index contributed by atoms with van der Waals surface area (Å²) in [6.07, 6.45) is 6.68. The molecule has 4 nitrogen and oxygen atoms in total. The van der Waals surface area contributed by atoms with Crippen molar-refractivity contribution >= 4 is 5.91 Å². The summed E-state index contributed by atoms with van der Waals surface area (Å²) in [6, 6.07) is 0. The van der Waals surface area contributed by atoms with E-state index < -0.39 is 0 Å². The van der Waals surface area contributed by atoms with Crippen LogP contribution in [0.4, 0.5) is 0 Å². The van der Waals surface area contributed by atoms with Gasteiger partial charge in [-0.1, -0.05) is 20.8 Å². The molecule has 0 aromatic carbocycles. The molecule has 100 valence electrons. The molecule has 0 saturated heterocycles. The van der Waals surface area contributed by atoms with Crippen molar-refractivity contribution in [3.05, 3.63) is 18.2 Å². The molecule has 0 bridgehead atoms. The van der Waals surface area contributed by atoms with Gasteiger partial charge in [-0.25, -0.2) is 4.98 Å². The standard InChI is InChI=1S/C14H23N3O/c1-10-6-11(8-14(2,3)7-10)13(18)17-9-12-15-4-5-16-12/h4-5,10-11H,6-9H2,1-3H3,(H,15,16)(H,17,18)/t10-,11-/m0/s1. The van der Waals surface area contributed by atoms with Crippen LogP contribution in [0.2, 0.25) is 0 Å². The van der Waals surface area contributed by atoms with Gasteiger partial charge >= 0.3 is 0 Å². The fraction of sp³-hybridized carbons (Fsp3) is 0.714. The third-order valence-electron chi connectivity index (χ3n) is 3.74. The van der Waals surface area contributed by atoms with E-state index in [1.54, 1.807) is 12.4 Å². The van der Waals surface area contributed by atoms with Gasteiger partial charge in [-0.15, -0.1) is 0 Å². The summed E-state index contributed by atoms with van der Waals surface area (Å²) in [5.41, 5.74) is 0.282. The van der Waals surface area contributed by atoms with Gasteiger partial charge in [0.05, 0.1) is 6.54 Å². The number of hydrogen-bond donors (Lipinski definition) is 2. The molecule has 1 fully saturated rings. The van der Waals surface area contributed by atoms with Gasteiger partial charge in [0.1, 0.15) is 5.82 Å². The molecule has 0 aliphatic heterocycles. The summed E-state index contributed by atoms with van der Waals surface area (Å²) in [4.78, 5) is 19.3. The van der Waals surface area contributed by atoms with E-state index in [9.17, 15) is 4.79 Å². The molecule has 1 heterocycles. The molecule has 1 saturated carbocycles. The lowest BCUT2D eigenvalue weighted by Crippen LogP contribution is -2.38. The molecule has 1 aromatic rings. The Hall–Kier alpha value is -1.32. The van der Waals surface area contributed by atoms with Crippen LogP contribution < -0.4 is 5.32 Å². The number of nitrogens with zero attached hydrogens (tertiary/aromatic N) is 1. The van der Waals surface area contributed by atoms with Crippen molar-refractivity contribution in [2.24, 2.45) is 17.3 Å². The smallest absolute Gasteiger partial charge is 0.223 e. The summed E-state index contributed by atoms with van der Waals surface area (Å²) in [7, 11) is 0. The normalized spacial score (nSPS) is 26.8. The molecule has 2 rings (SSSR count). The fourth-order valence-electron chi connectivity index (χ4n) is 3.26. The van der Waals surface area contributed by atoms with Crippen LogP contribution in [-0.4, -0.2) is 15.9 Å². The molecule has 0 unspecified atom stereocenters. The van der Waals surface area contributed by atoms with Crippen LogP contribution in [0.5, 0.6) is 0 Å². The number of amides is 1. The maximum Gasteiger partial charge on any atom is 0.223 e. The van der Waals surface area contributed by atoms with Crippen LogP contribution in [0.15, 0.2) is 12.4 Å². The van der Waals surface area contributed by atoms with Crippen LogP contribution >= 0.6 is 0 Å². The second-order valence-electron chi connectivity index (χ2n) is 6.36. The van der Waals surface area contributed by atoms with E-state index in [4.69, 9.17) is 0 Å². The Balaban J connectivity index is 1.88. The first kappa shape index (κ1) is 13.1. The number of aromatic amines is 1. The van der Waals surface area contributed by atoms with Crippen molar-refractivity contribution in [3.63, 3.8) is 0 Å². The van der Waals surface area contributed by atoms with E-state index in [1.165, 1.54) is 6.42 Å². The molecule has 1 amide bonds. The SMILES string of the molecule is C[C@H]1C[C@H](C(=O)NCc2ncc[nH]2)CC(C)(C)C1. The van der Waals surface area contributed by atoms with Crippen LogP contribution in [-0.2, 0) is 11.3 Å². The number of H-pyrrole nitrogens is 1. The van der Waals surface area contributed by atoms with Crippen molar-refractivity contribution in [3.8, 4) is 0 Å². The monoisotopic (exact) mass is 249 g/mol. The van der Waals surface area contributed by atoms with E-state index in [0.29, 0.717) is 12.5 Å². The number of carbonyl (C=O) groups excluding carboxylic acids is 1. The van der Waals surface area contributed by atoms with Crippen LogP contribution in [0.3, 0.4) is 0 Å². The molecule has 1 aliphatic carbocycles. The average Bonchev–Trinajstić information content (AvgIpc) is 2.75. The first-order chi connectivity index (χ1) is 8.46. The van der Waals surface area contributed by atoms with E-state index in [2.05, 4.69) is 36.1 Å². The lowest BCUT2D eigenvalue weighted by atomic mass is 9.68. The largest absolute Gasteiger partial charge is 0.349 e. The number of rotatable bonds is 3. The number of carbonyl (C=O) groups is 1. The topological polar surface area (TPSA) is 57.8 Å². The van der Waals surface area contributed by atoms with Crippen LogP contribution in [0, 0.1) is 17.3 Å². The van der Waals surface area contributed by atoms with Crippen LogP contribution in [0.1, 0.15) is 45.9 Å². The molecular formula is C14H23N3O. The Morgan fingerprint density at radius 3 is 2.94 bits per heavy atom. The van der Waals surface area contributed by atoms with Gasteiger partial charge in [0.2, 0.25) is 5.91 Å². The zero-order valence-corrected chi connectivity index (χ0v) is 11.5. The Morgan fingerprint density at radius 1 is 1.56 bits per heavy atom. The molecular weight excluding hydrogens is 226 g/mol. The van der Waals surface area contributed by atoms with Gasteiger partial charge in [0.25, 0.3) is 0 Å². The Labute approximate surface area is 109 Å². The molecule has 4 heteroatoms. The van der Waals surface area contributed by atoms with Crippen molar-refractivity contribution in [2.75, 3.05) is 0 Å². The van der Waals surface area contributed by atoms with Gasteiger partial charge in [0, 0.05) is 18.3 Å². The minimum absolute atomic E-state index is 0.152. The highest BCUT2D eigenvalue weighted by molar-refractivity contribution is 5.78. The van der Waals surface area contributed by atoms with Gasteiger partial charge in [-0.2, -0.15) is 0 Å². The third kappa shape index (κ3) is 3.34. The number of aromatic nitrogens is 2.